The zero-order valence-electron chi connectivity index (χ0n) is 19.5. The van der Waals surface area contributed by atoms with Crippen molar-refractivity contribution < 1.29 is 38.9 Å². The minimum Gasteiger partial charge on any atom is -0.380 e. The Morgan fingerprint density at radius 2 is 1.44 bits per heavy atom. The molecule has 5 N–H and O–H groups in total. The Bertz CT molecular complexity index is 1650. The van der Waals surface area contributed by atoms with Gasteiger partial charge in [-0.05, 0) is 62.2 Å². The van der Waals surface area contributed by atoms with Crippen LogP contribution in [-0.4, -0.2) is 44.5 Å². The molecule has 36 heavy (non-hydrogen) atoms. The van der Waals surface area contributed by atoms with E-state index in [0.717, 1.165) is 23.7 Å². The van der Waals surface area contributed by atoms with E-state index in [1.54, 1.807) is 6.07 Å². The Balaban J connectivity index is 2.19. The maximum Gasteiger partial charge on any atom is 0.295 e. The van der Waals surface area contributed by atoms with Gasteiger partial charge in [-0.3, -0.25) is 13.7 Å². The largest absolute Gasteiger partial charge is 0.380 e. The molecule has 3 aromatic carbocycles. The molecule has 196 valence electrons. The smallest absolute Gasteiger partial charge is 0.295 e. The SMILES string of the molecule is CCC(C)(C)Nc1cccc(CNc2ccc(S(=O)(=O)O)c3cc(S(=O)(=O)O)cc(S(=O)(=O)O)c23)c1. The average Bonchev–Trinajstić information content (AvgIpc) is 2.74. The number of anilines is 2. The summed E-state index contributed by atoms with van der Waals surface area (Å²) in [5, 5.41) is 5.44. The van der Waals surface area contributed by atoms with Crippen molar-refractivity contribution in [3.63, 3.8) is 0 Å². The Kier molecular flexibility index (Phi) is 7.43. The first-order chi connectivity index (χ1) is 16.4. The van der Waals surface area contributed by atoms with Gasteiger partial charge in [0, 0.05) is 34.2 Å². The Morgan fingerprint density at radius 1 is 0.806 bits per heavy atom. The molecule has 0 radical (unpaired) electrons. The fourth-order valence-electron chi connectivity index (χ4n) is 3.55. The lowest BCUT2D eigenvalue weighted by molar-refractivity contribution is 0.478. The third-order valence-electron chi connectivity index (χ3n) is 5.64. The summed E-state index contributed by atoms with van der Waals surface area (Å²) in [7, 11) is -15.1. The van der Waals surface area contributed by atoms with Gasteiger partial charge in [0.2, 0.25) is 0 Å². The zero-order chi connectivity index (χ0) is 27.1. The second-order valence-corrected chi connectivity index (χ2v) is 13.0. The van der Waals surface area contributed by atoms with E-state index in [-0.39, 0.29) is 23.2 Å². The molecule has 0 aromatic heterocycles. The Morgan fingerprint density at radius 3 is 2.00 bits per heavy atom. The van der Waals surface area contributed by atoms with Crippen LogP contribution in [0.4, 0.5) is 11.4 Å². The summed E-state index contributed by atoms with van der Waals surface area (Å²) < 4.78 is 100. The number of fused-ring (bicyclic) bond motifs is 1. The van der Waals surface area contributed by atoms with Gasteiger partial charge in [-0.2, -0.15) is 25.3 Å². The Labute approximate surface area is 209 Å². The molecular formula is C22H26N2O9S3. The summed E-state index contributed by atoms with van der Waals surface area (Å²) in [5.74, 6) is 0. The minimum atomic E-state index is -5.11. The van der Waals surface area contributed by atoms with Crippen LogP contribution in [0.3, 0.4) is 0 Å². The van der Waals surface area contributed by atoms with E-state index in [9.17, 15) is 38.9 Å². The van der Waals surface area contributed by atoms with E-state index < -0.39 is 50.4 Å². The number of benzene rings is 3. The lowest BCUT2D eigenvalue weighted by Crippen LogP contribution is -2.29. The normalized spacial score (nSPS) is 13.1. The van der Waals surface area contributed by atoms with Crippen molar-refractivity contribution >= 4 is 52.5 Å². The van der Waals surface area contributed by atoms with Gasteiger partial charge < -0.3 is 10.6 Å². The first-order valence-corrected chi connectivity index (χ1v) is 14.9. The summed E-state index contributed by atoms with van der Waals surface area (Å²) >= 11 is 0. The van der Waals surface area contributed by atoms with Gasteiger partial charge in [-0.25, -0.2) is 0 Å². The predicted octanol–water partition coefficient (Wildman–Crippen LogP) is 3.79. The van der Waals surface area contributed by atoms with Gasteiger partial charge in [0.25, 0.3) is 30.4 Å². The fourth-order valence-corrected chi connectivity index (χ4v) is 5.60. The molecule has 0 aliphatic carbocycles. The van der Waals surface area contributed by atoms with Crippen LogP contribution in [0.25, 0.3) is 10.8 Å². The molecule has 14 heteroatoms. The third-order valence-corrected chi connectivity index (χ3v) is 8.26. The molecule has 0 heterocycles. The molecule has 0 spiro atoms. The van der Waals surface area contributed by atoms with Crippen molar-refractivity contribution in [1.82, 2.24) is 0 Å². The van der Waals surface area contributed by atoms with Gasteiger partial charge in [0.1, 0.15) is 9.79 Å². The van der Waals surface area contributed by atoms with E-state index in [1.165, 1.54) is 6.07 Å². The summed E-state index contributed by atoms with van der Waals surface area (Å²) in [6, 6.07) is 10.7. The summed E-state index contributed by atoms with van der Waals surface area (Å²) in [4.78, 5) is -2.77. The minimum absolute atomic E-state index is 0.0270. The van der Waals surface area contributed by atoms with Gasteiger partial charge in [0.05, 0.1) is 4.90 Å². The third kappa shape index (κ3) is 6.32. The van der Waals surface area contributed by atoms with Crippen LogP contribution in [0.2, 0.25) is 0 Å². The van der Waals surface area contributed by atoms with Crippen LogP contribution < -0.4 is 10.6 Å². The number of nitrogens with one attached hydrogen (secondary N) is 2. The standard InChI is InChI=1S/C22H26N2O9S3/c1-4-22(2,3)24-15-7-5-6-14(10-15)13-23-18-8-9-19(35(28,29)30)17-11-16(34(25,26)27)12-20(21(17)18)36(31,32)33/h5-12,23-24H,4,13H2,1-3H3,(H,25,26,27)(H,28,29,30)(H,31,32,33). The predicted molar refractivity (Wildman–Crippen MR) is 135 cm³/mol. The topological polar surface area (TPSA) is 187 Å². The van der Waals surface area contributed by atoms with Crippen molar-refractivity contribution in [2.45, 2.75) is 54.0 Å². The summed E-state index contributed by atoms with van der Waals surface area (Å²) in [6.45, 7) is 6.25. The van der Waals surface area contributed by atoms with E-state index >= 15 is 0 Å². The van der Waals surface area contributed by atoms with Crippen molar-refractivity contribution in [2.75, 3.05) is 10.6 Å². The van der Waals surface area contributed by atoms with Crippen molar-refractivity contribution in [3.8, 4) is 0 Å². The van der Waals surface area contributed by atoms with E-state index in [1.807, 2.05) is 39.0 Å². The molecule has 0 aliphatic heterocycles. The maximum atomic E-state index is 12.2. The number of hydrogen-bond acceptors (Lipinski definition) is 8. The number of hydrogen-bond donors (Lipinski definition) is 5. The maximum absolute atomic E-state index is 12.2. The van der Waals surface area contributed by atoms with Crippen LogP contribution in [0.15, 0.2) is 63.2 Å². The second kappa shape index (κ2) is 9.61. The van der Waals surface area contributed by atoms with Crippen LogP contribution in [0.5, 0.6) is 0 Å². The molecule has 0 atom stereocenters. The average molecular weight is 559 g/mol. The fraction of sp³-hybridized carbons (Fsp3) is 0.273. The molecule has 0 saturated heterocycles. The van der Waals surface area contributed by atoms with Crippen LogP contribution in [0, 0.1) is 0 Å². The van der Waals surface area contributed by atoms with E-state index in [2.05, 4.69) is 10.6 Å². The molecule has 0 amide bonds. The lowest BCUT2D eigenvalue weighted by atomic mass is 10.0. The summed E-state index contributed by atoms with van der Waals surface area (Å²) in [6.07, 6.45) is 0.867. The molecule has 11 nitrogen and oxygen atoms in total. The summed E-state index contributed by atoms with van der Waals surface area (Å²) in [5.41, 5.74) is 1.47. The first kappa shape index (κ1) is 27.8. The highest BCUT2D eigenvalue weighted by molar-refractivity contribution is 7.87. The van der Waals surface area contributed by atoms with E-state index in [0.29, 0.717) is 12.1 Å². The van der Waals surface area contributed by atoms with Crippen molar-refractivity contribution in [3.05, 3.63) is 54.1 Å². The van der Waals surface area contributed by atoms with Crippen LogP contribution in [0.1, 0.15) is 32.8 Å². The monoisotopic (exact) mass is 558 g/mol. The zero-order valence-corrected chi connectivity index (χ0v) is 22.0. The van der Waals surface area contributed by atoms with Crippen LogP contribution >= 0.6 is 0 Å². The molecule has 0 unspecified atom stereocenters. The van der Waals surface area contributed by atoms with Gasteiger partial charge in [-0.15, -0.1) is 0 Å². The first-order valence-electron chi connectivity index (χ1n) is 10.6. The van der Waals surface area contributed by atoms with Crippen LogP contribution in [-0.2, 0) is 36.9 Å². The number of rotatable bonds is 9. The highest BCUT2D eigenvalue weighted by Crippen LogP contribution is 2.37. The van der Waals surface area contributed by atoms with E-state index in [4.69, 9.17) is 0 Å². The quantitative estimate of drug-likeness (QED) is 0.240. The molecule has 0 fully saturated rings. The molecule has 3 rings (SSSR count). The van der Waals surface area contributed by atoms with Gasteiger partial charge in [0.15, 0.2) is 0 Å². The van der Waals surface area contributed by atoms with Gasteiger partial charge in [-0.1, -0.05) is 19.1 Å². The van der Waals surface area contributed by atoms with Crippen molar-refractivity contribution in [1.29, 1.82) is 0 Å². The molecule has 3 aromatic rings. The highest BCUT2D eigenvalue weighted by Gasteiger charge is 2.26. The molecular weight excluding hydrogens is 532 g/mol. The Hall–Kier alpha value is -2.75. The highest BCUT2D eigenvalue weighted by atomic mass is 32.2. The molecule has 0 aliphatic rings. The molecule has 0 bridgehead atoms. The lowest BCUT2D eigenvalue weighted by Gasteiger charge is -2.26. The van der Waals surface area contributed by atoms with Gasteiger partial charge >= 0.3 is 0 Å². The van der Waals surface area contributed by atoms with Crippen molar-refractivity contribution in [2.24, 2.45) is 0 Å². The second-order valence-electron chi connectivity index (χ2n) is 8.80. The molecule has 0 saturated carbocycles.